The standard InChI is InChI=1S/C15H23NO3S/c1-11(2)16-20(18,19)13-9-7-6-8-12(13)10-14(17)15(3,4)5/h6-9,11,16H,10H2,1-5H3. The van der Waals surface area contributed by atoms with Crippen LogP contribution in [0.25, 0.3) is 0 Å². The van der Waals surface area contributed by atoms with E-state index >= 15 is 0 Å². The third-order valence-corrected chi connectivity index (χ3v) is 4.60. The molecule has 4 nitrogen and oxygen atoms in total. The fraction of sp³-hybridized carbons (Fsp3) is 0.533. The van der Waals surface area contributed by atoms with Crippen molar-refractivity contribution in [2.75, 3.05) is 0 Å². The number of benzene rings is 1. The Morgan fingerprint density at radius 2 is 1.75 bits per heavy atom. The van der Waals surface area contributed by atoms with Gasteiger partial charge in [-0.15, -0.1) is 0 Å². The van der Waals surface area contributed by atoms with Gasteiger partial charge < -0.3 is 0 Å². The Bertz CT molecular complexity index is 583. The zero-order valence-electron chi connectivity index (χ0n) is 12.7. The van der Waals surface area contributed by atoms with Gasteiger partial charge in [0.15, 0.2) is 0 Å². The summed E-state index contributed by atoms with van der Waals surface area (Å²) in [7, 11) is -3.58. The first-order chi connectivity index (χ1) is 9.04. The Morgan fingerprint density at radius 3 is 2.25 bits per heavy atom. The second-order valence-electron chi connectivity index (χ2n) is 6.23. The number of hydrogen-bond acceptors (Lipinski definition) is 3. The van der Waals surface area contributed by atoms with Crippen LogP contribution in [0.2, 0.25) is 0 Å². The molecule has 5 heteroatoms. The van der Waals surface area contributed by atoms with Gasteiger partial charge in [-0.05, 0) is 25.5 Å². The molecule has 0 amide bonds. The molecule has 1 aromatic carbocycles. The third-order valence-electron chi connectivity index (χ3n) is 2.84. The van der Waals surface area contributed by atoms with E-state index < -0.39 is 15.4 Å². The lowest BCUT2D eigenvalue weighted by Gasteiger charge is -2.18. The van der Waals surface area contributed by atoms with Crippen molar-refractivity contribution in [1.82, 2.24) is 4.72 Å². The highest BCUT2D eigenvalue weighted by Gasteiger charge is 2.25. The highest BCUT2D eigenvalue weighted by atomic mass is 32.2. The summed E-state index contributed by atoms with van der Waals surface area (Å²) >= 11 is 0. The molecule has 0 unspecified atom stereocenters. The summed E-state index contributed by atoms with van der Waals surface area (Å²) in [6.07, 6.45) is 0.124. The van der Waals surface area contributed by atoms with E-state index in [1.54, 1.807) is 32.0 Å². The third kappa shape index (κ3) is 4.42. The van der Waals surface area contributed by atoms with Gasteiger partial charge in [0, 0.05) is 17.9 Å². The second-order valence-corrected chi connectivity index (χ2v) is 7.92. The van der Waals surface area contributed by atoms with Gasteiger partial charge in [0.25, 0.3) is 0 Å². The minimum Gasteiger partial charge on any atom is -0.299 e. The molecule has 112 valence electrons. The van der Waals surface area contributed by atoms with Crippen LogP contribution in [-0.4, -0.2) is 20.2 Å². The number of carbonyl (C=O) groups is 1. The maximum Gasteiger partial charge on any atom is 0.241 e. The highest BCUT2D eigenvalue weighted by molar-refractivity contribution is 7.89. The molecular formula is C15H23NO3S. The number of sulfonamides is 1. The van der Waals surface area contributed by atoms with Crippen LogP contribution >= 0.6 is 0 Å². The van der Waals surface area contributed by atoms with E-state index in [0.717, 1.165) is 0 Å². The zero-order chi connectivity index (χ0) is 15.6. The highest BCUT2D eigenvalue weighted by Crippen LogP contribution is 2.22. The largest absolute Gasteiger partial charge is 0.299 e. The maximum atomic E-state index is 12.3. The van der Waals surface area contributed by atoms with E-state index in [1.165, 1.54) is 6.07 Å². The molecule has 0 aromatic heterocycles. The molecule has 1 N–H and O–H groups in total. The molecule has 0 aliphatic heterocycles. The number of ketones is 1. The van der Waals surface area contributed by atoms with Gasteiger partial charge in [-0.2, -0.15) is 0 Å². The molecular weight excluding hydrogens is 274 g/mol. The van der Waals surface area contributed by atoms with Crippen LogP contribution in [0.3, 0.4) is 0 Å². The van der Waals surface area contributed by atoms with Gasteiger partial charge in [0.1, 0.15) is 5.78 Å². The molecule has 0 heterocycles. The van der Waals surface area contributed by atoms with E-state index in [-0.39, 0.29) is 23.1 Å². The number of rotatable bonds is 5. The van der Waals surface area contributed by atoms with E-state index in [0.29, 0.717) is 5.56 Å². The first-order valence-corrected chi connectivity index (χ1v) is 8.16. The van der Waals surface area contributed by atoms with Crippen LogP contribution in [0.5, 0.6) is 0 Å². The van der Waals surface area contributed by atoms with E-state index in [1.807, 2.05) is 20.8 Å². The molecule has 0 saturated heterocycles. The van der Waals surface area contributed by atoms with Crippen molar-refractivity contribution < 1.29 is 13.2 Å². The van der Waals surface area contributed by atoms with Crippen molar-refractivity contribution in [3.8, 4) is 0 Å². The average Bonchev–Trinajstić information content (AvgIpc) is 2.26. The normalized spacial score (nSPS) is 12.7. The first kappa shape index (κ1) is 16.9. The fourth-order valence-electron chi connectivity index (χ4n) is 1.72. The summed E-state index contributed by atoms with van der Waals surface area (Å²) in [4.78, 5) is 12.3. The number of carbonyl (C=O) groups excluding carboxylic acids is 1. The zero-order valence-corrected chi connectivity index (χ0v) is 13.5. The number of Topliss-reactive ketones (excluding diaryl/α,β-unsaturated/α-hetero) is 1. The smallest absolute Gasteiger partial charge is 0.241 e. The van der Waals surface area contributed by atoms with E-state index in [2.05, 4.69) is 4.72 Å². The Hall–Kier alpha value is -1.20. The lowest BCUT2D eigenvalue weighted by molar-refractivity contribution is -0.125. The SMILES string of the molecule is CC(C)NS(=O)(=O)c1ccccc1CC(=O)C(C)(C)C. The first-order valence-electron chi connectivity index (χ1n) is 6.67. The molecule has 0 atom stereocenters. The topological polar surface area (TPSA) is 63.2 Å². The van der Waals surface area contributed by atoms with E-state index in [4.69, 9.17) is 0 Å². The molecule has 0 fully saturated rings. The van der Waals surface area contributed by atoms with Gasteiger partial charge in [-0.3, -0.25) is 4.79 Å². The molecule has 0 radical (unpaired) electrons. The second kappa shape index (κ2) is 6.06. The number of nitrogens with one attached hydrogen (secondary N) is 1. The van der Waals surface area contributed by atoms with Crippen LogP contribution in [-0.2, 0) is 21.2 Å². The average molecular weight is 297 g/mol. The Morgan fingerprint density at radius 1 is 1.20 bits per heavy atom. The van der Waals surface area contributed by atoms with Gasteiger partial charge >= 0.3 is 0 Å². The maximum absolute atomic E-state index is 12.3. The van der Waals surface area contributed by atoms with E-state index in [9.17, 15) is 13.2 Å². The molecule has 1 rings (SSSR count). The predicted molar refractivity (Wildman–Crippen MR) is 80.1 cm³/mol. The molecule has 20 heavy (non-hydrogen) atoms. The molecule has 0 spiro atoms. The van der Waals surface area contributed by atoms with Crippen molar-refractivity contribution in [1.29, 1.82) is 0 Å². The van der Waals surface area contributed by atoms with Crippen LogP contribution in [0.1, 0.15) is 40.2 Å². The summed E-state index contributed by atoms with van der Waals surface area (Å²) in [6, 6.07) is 6.46. The number of hydrogen-bond donors (Lipinski definition) is 1. The molecule has 0 aliphatic carbocycles. The van der Waals surface area contributed by atoms with Crippen molar-refractivity contribution in [2.24, 2.45) is 5.41 Å². The van der Waals surface area contributed by atoms with Crippen LogP contribution < -0.4 is 4.72 Å². The lowest BCUT2D eigenvalue weighted by atomic mass is 9.87. The van der Waals surface area contributed by atoms with Crippen LogP contribution in [0.15, 0.2) is 29.2 Å². The molecule has 0 saturated carbocycles. The van der Waals surface area contributed by atoms with Gasteiger partial charge in [0.05, 0.1) is 4.90 Å². The molecule has 1 aromatic rings. The summed E-state index contributed by atoms with van der Waals surface area (Å²) < 4.78 is 27.1. The van der Waals surface area contributed by atoms with Gasteiger partial charge in [-0.1, -0.05) is 39.0 Å². The van der Waals surface area contributed by atoms with Crippen molar-refractivity contribution in [3.63, 3.8) is 0 Å². The Balaban J connectivity index is 3.16. The Kier molecular flexibility index (Phi) is 5.10. The van der Waals surface area contributed by atoms with Crippen LogP contribution in [0, 0.1) is 5.41 Å². The van der Waals surface area contributed by atoms with Crippen LogP contribution in [0.4, 0.5) is 0 Å². The monoisotopic (exact) mass is 297 g/mol. The van der Waals surface area contributed by atoms with Gasteiger partial charge in [0.2, 0.25) is 10.0 Å². The predicted octanol–water partition coefficient (Wildman–Crippen LogP) is 2.53. The summed E-state index contributed by atoms with van der Waals surface area (Å²) in [5.74, 6) is 0.0182. The fourth-order valence-corrected chi connectivity index (χ4v) is 3.21. The molecule has 0 bridgehead atoms. The molecule has 0 aliphatic rings. The van der Waals surface area contributed by atoms with Crippen molar-refractivity contribution in [2.45, 2.75) is 52.0 Å². The minimum atomic E-state index is -3.58. The quantitative estimate of drug-likeness (QED) is 0.908. The Labute approximate surface area is 121 Å². The summed E-state index contributed by atoms with van der Waals surface area (Å²) in [5.41, 5.74) is 0.0584. The van der Waals surface area contributed by atoms with Gasteiger partial charge in [-0.25, -0.2) is 13.1 Å². The lowest BCUT2D eigenvalue weighted by Crippen LogP contribution is -2.31. The minimum absolute atomic E-state index is 0.0182. The summed E-state index contributed by atoms with van der Waals surface area (Å²) in [6.45, 7) is 9.03. The van der Waals surface area contributed by atoms with Crippen molar-refractivity contribution >= 4 is 15.8 Å². The summed E-state index contributed by atoms with van der Waals surface area (Å²) in [5, 5.41) is 0. The van der Waals surface area contributed by atoms with Crippen molar-refractivity contribution in [3.05, 3.63) is 29.8 Å².